The molecule has 0 radical (unpaired) electrons. The first-order chi connectivity index (χ1) is 7.19. The summed E-state index contributed by atoms with van der Waals surface area (Å²) in [5, 5.41) is 11.7. The molecule has 1 saturated heterocycles. The zero-order valence-corrected chi connectivity index (χ0v) is 9.82. The van der Waals surface area contributed by atoms with Gasteiger partial charge < -0.3 is 10.9 Å². The van der Waals surface area contributed by atoms with Crippen molar-refractivity contribution in [2.24, 2.45) is 16.8 Å². The molecule has 88 valence electrons. The van der Waals surface area contributed by atoms with E-state index < -0.39 is 0 Å². The normalized spacial score (nSPS) is 27.3. The summed E-state index contributed by atoms with van der Waals surface area (Å²) < 4.78 is 0. The van der Waals surface area contributed by atoms with E-state index in [4.69, 9.17) is 10.9 Å². The lowest BCUT2D eigenvalue weighted by atomic mass is 9.98. The van der Waals surface area contributed by atoms with Crippen molar-refractivity contribution in [3.05, 3.63) is 0 Å². The topological polar surface area (TPSA) is 61.8 Å². The van der Waals surface area contributed by atoms with E-state index >= 15 is 0 Å². The van der Waals surface area contributed by atoms with Crippen LogP contribution in [0.15, 0.2) is 5.16 Å². The first kappa shape index (κ1) is 12.3. The summed E-state index contributed by atoms with van der Waals surface area (Å²) in [7, 11) is 0. The average Bonchev–Trinajstić information content (AvgIpc) is 2.51. The van der Waals surface area contributed by atoms with Gasteiger partial charge >= 0.3 is 0 Å². The number of oxime groups is 1. The van der Waals surface area contributed by atoms with Crippen molar-refractivity contribution in [3.8, 4) is 0 Å². The summed E-state index contributed by atoms with van der Waals surface area (Å²) in [4.78, 5) is 2.31. The van der Waals surface area contributed by atoms with Gasteiger partial charge in [-0.1, -0.05) is 18.5 Å². The fourth-order valence-electron chi connectivity index (χ4n) is 2.25. The van der Waals surface area contributed by atoms with E-state index in [-0.39, 0.29) is 6.04 Å². The molecule has 0 aromatic heterocycles. The zero-order chi connectivity index (χ0) is 11.3. The van der Waals surface area contributed by atoms with Crippen molar-refractivity contribution in [3.63, 3.8) is 0 Å². The molecule has 0 aromatic rings. The molecule has 0 spiro atoms. The van der Waals surface area contributed by atoms with Crippen LogP contribution in [0.1, 0.15) is 39.5 Å². The SMILES string of the molecule is CCC1CCCN(C(C)C(N)=NO)CC1. The third-order valence-electron chi connectivity index (χ3n) is 3.55. The summed E-state index contributed by atoms with van der Waals surface area (Å²) in [5.74, 6) is 1.18. The van der Waals surface area contributed by atoms with Gasteiger partial charge in [-0.3, -0.25) is 4.90 Å². The van der Waals surface area contributed by atoms with Gasteiger partial charge in [0.2, 0.25) is 0 Å². The third-order valence-corrected chi connectivity index (χ3v) is 3.55. The van der Waals surface area contributed by atoms with Gasteiger partial charge in [0.15, 0.2) is 5.84 Å². The summed E-state index contributed by atoms with van der Waals surface area (Å²) in [6, 6.07) is 0.0607. The molecule has 2 unspecified atom stereocenters. The molecule has 0 amide bonds. The second-order valence-electron chi connectivity index (χ2n) is 4.44. The lowest BCUT2D eigenvalue weighted by molar-refractivity contribution is 0.248. The molecule has 0 bridgehead atoms. The molecule has 0 saturated carbocycles. The molecular weight excluding hydrogens is 190 g/mol. The van der Waals surface area contributed by atoms with Gasteiger partial charge in [-0.05, 0) is 45.2 Å². The second kappa shape index (κ2) is 5.95. The molecule has 1 rings (SSSR count). The van der Waals surface area contributed by atoms with Crippen molar-refractivity contribution >= 4 is 5.84 Å². The summed E-state index contributed by atoms with van der Waals surface area (Å²) in [6.07, 6.45) is 5.04. The van der Waals surface area contributed by atoms with Gasteiger partial charge in [-0.15, -0.1) is 0 Å². The Hall–Kier alpha value is -0.770. The maximum absolute atomic E-state index is 8.64. The first-order valence-corrected chi connectivity index (χ1v) is 5.90. The van der Waals surface area contributed by atoms with Crippen LogP contribution in [0.3, 0.4) is 0 Å². The number of nitrogens with two attached hydrogens (primary N) is 1. The molecule has 4 nitrogen and oxygen atoms in total. The van der Waals surface area contributed by atoms with Crippen LogP contribution in [-0.2, 0) is 0 Å². The Morgan fingerprint density at radius 1 is 1.53 bits per heavy atom. The van der Waals surface area contributed by atoms with Gasteiger partial charge in [-0.25, -0.2) is 0 Å². The monoisotopic (exact) mass is 213 g/mol. The van der Waals surface area contributed by atoms with E-state index in [9.17, 15) is 0 Å². The Kier molecular flexibility index (Phi) is 4.88. The Morgan fingerprint density at radius 2 is 2.27 bits per heavy atom. The van der Waals surface area contributed by atoms with Crippen molar-refractivity contribution < 1.29 is 5.21 Å². The maximum Gasteiger partial charge on any atom is 0.156 e. The minimum atomic E-state index is 0.0607. The van der Waals surface area contributed by atoms with E-state index in [2.05, 4.69) is 17.0 Å². The Labute approximate surface area is 92.1 Å². The van der Waals surface area contributed by atoms with Crippen LogP contribution in [0.4, 0.5) is 0 Å². The highest BCUT2D eigenvalue weighted by Crippen LogP contribution is 2.21. The van der Waals surface area contributed by atoms with Crippen LogP contribution in [0.5, 0.6) is 0 Å². The number of nitrogens with zero attached hydrogens (tertiary/aromatic N) is 2. The molecular formula is C11H23N3O. The van der Waals surface area contributed by atoms with Crippen molar-refractivity contribution in [1.82, 2.24) is 4.90 Å². The summed E-state index contributed by atoms with van der Waals surface area (Å²) >= 11 is 0. The van der Waals surface area contributed by atoms with E-state index in [0.29, 0.717) is 5.84 Å². The van der Waals surface area contributed by atoms with Crippen LogP contribution in [0.25, 0.3) is 0 Å². The van der Waals surface area contributed by atoms with Gasteiger partial charge in [0.1, 0.15) is 0 Å². The number of hydrogen-bond acceptors (Lipinski definition) is 3. The van der Waals surface area contributed by atoms with Gasteiger partial charge in [-0.2, -0.15) is 0 Å². The maximum atomic E-state index is 8.64. The fraction of sp³-hybridized carbons (Fsp3) is 0.909. The molecule has 1 aliphatic rings. The quantitative estimate of drug-likeness (QED) is 0.324. The van der Waals surface area contributed by atoms with Crippen LogP contribution in [0, 0.1) is 5.92 Å². The first-order valence-electron chi connectivity index (χ1n) is 5.90. The fourth-order valence-corrected chi connectivity index (χ4v) is 2.25. The lowest BCUT2D eigenvalue weighted by Crippen LogP contribution is -2.43. The van der Waals surface area contributed by atoms with Gasteiger partial charge in [0.05, 0.1) is 6.04 Å². The molecule has 1 heterocycles. The Bertz CT molecular complexity index is 218. The van der Waals surface area contributed by atoms with Crippen LogP contribution < -0.4 is 5.73 Å². The van der Waals surface area contributed by atoms with Crippen molar-refractivity contribution in [2.45, 2.75) is 45.6 Å². The lowest BCUT2D eigenvalue weighted by Gasteiger charge is -2.26. The summed E-state index contributed by atoms with van der Waals surface area (Å²) in [6.45, 7) is 6.39. The standard InChI is InChI=1S/C11H23N3O/c1-3-10-5-4-7-14(8-6-10)9(2)11(12)13-15/h9-10,15H,3-8H2,1-2H3,(H2,12,13). The van der Waals surface area contributed by atoms with Crippen LogP contribution in [-0.4, -0.2) is 35.1 Å². The molecule has 1 aliphatic heterocycles. The largest absolute Gasteiger partial charge is 0.409 e. The Balaban J connectivity index is 2.50. The van der Waals surface area contributed by atoms with Crippen molar-refractivity contribution in [1.29, 1.82) is 0 Å². The van der Waals surface area contributed by atoms with Crippen LogP contribution >= 0.6 is 0 Å². The number of hydrogen-bond donors (Lipinski definition) is 2. The number of amidine groups is 1. The minimum Gasteiger partial charge on any atom is -0.409 e. The molecule has 0 aliphatic carbocycles. The predicted octanol–water partition coefficient (Wildman–Crippen LogP) is 1.63. The third kappa shape index (κ3) is 3.38. The molecule has 15 heavy (non-hydrogen) atoms. The van der Waals surface area contributed by atoms with E-state index in [1.165, 1.54) is 25.7 Å². The molecule has 3 N–H and O–H groups in total. The molecule has 4 heteroatoms. The molecule has 0 aromatic carbocycles. The molecule has 1 fully saturated rings. The number of likely N-dealkylation sites (tertiary alicyclic amines) is 1. The second-order valence-corrected chi connectivity index (χ2v) is 4.44. The van der Waals surface area contributed by atoms with E-state index in [1.54, 1.807) is 0 Å². The highest BCUT2D eigenvalue weighted by atomic mass is 16.4. The van der Waals surface area contributed by atoms with Crippen molar-refractivity contribution in [2.75, 3.05) is 13.1 Å². The number of rotatable bonds is 3. The van der Waals surface area contributed by atoms with E-state index in [0.717, 1.165) is 19.0 Å². The average molecular weight is 213 g/mol. The zero-order valence-electron chi connectivity index (χ0n) is 9.82. The van der Waals surface area contributed by atoms with Gasteiger partial charge in [0, 0.05) is 0 Å². The highest BCUT2D eigenvalue weighted by Gasteiger charge is 2.21. The van der Waals surface area contributed by atoms with Gasteiger partial charge in [0.25, 0.3) is 0 Å². The Morgan fingerprint density at radius 3 is 2.87 bits per heavy atom. The molecule has 2 atom stereocenters. The highest BCUT2D eigenvalue weighted by molar-refractivity contribution is 5.84. The smallest absolute Gasteiger partial charge is 0.156 e. The predicted molar refractivity (Wildman–Crippen MR) is 62.1 cm³/mol. The minimum absolute atomic E-state index is 0.0607. The van der Waals surface area contributed by atoms with Crippen LogP contribution in [0.2, 0.25) is 0 Å². The summed E-state index contributed by atoms with van der Waals surface area (Å²) in [5.41, 5.74) is 5.62. The van der Waals surface area contributed by atoms with E-state index in [1.807, 2.05) is 6.92 Å².